The van der Waals surface area contributed by atoms with Gasteiger partial charge in [0.2, 0.25) is 5.91 Å². The van der Waals surface area contributed by atoms with Crippen LogP contribution in [-0.2, 0) is 23.9 Å². The number of amides is 1. The lowest BCUT2D eigenvalue weighted by atomic mass is 9.94. The van der Waals surface area contributed by atoms with Crippen molar-refractivity contribution in [1.29, 1.82) is 0 Å². The molecule has 362 valence electrons. The van der Waals surface area contributed by atoms with Crippen molar-refractivity contribution in [2.75, 3.05) is 45.9 Å². The lowest BCUT2D eigenvalue weighted by Crippen LogP contribution is -2.38. The van der Waals surface area contributed by atoms with Gasteiger partial charge in [-0.15, -0.1) is 0 Å². The molecule has 0 aromatic heterocycles. The molecule has 0 heterocycles. The molecule has 1 amide bonds. The SMILES string of the molecule is CCCCCCCCCC(CCCCCCCCC)C(=O)OCCN(CCOC(=O)C(CCCCCCCCC)CCCCCCCCC)C(=O)CCCN(CCC)CCC. The van der Waals surface area contributed by atoms with E-state index in [1.807, 2.05) is 0 Å². The van der Waals surface area contributed by atoms with Gasteiger partial charge in [-0.1, -0.05) is 221 Å². The van der Waals surface area contributed by atoms with Crippen LogP contribution >= 0.6 is 0 Å². The molecular formula is C54H106N2O5. The van der Waals surface area contributed by atoms with Crippen molar-refractivity contribution in [3.05, 3.63) is 0 Å². The number of carbonyl (C=O) groups is 3. The maximum absolute atomic E-state index is 13.8. The molecule has 0 aromatic rings. The fraction of sp³-hybridized carbons (Fsp3) is 0.944. The minimum absolute atomic E-state index is 0.0606. The van der Waals surface area contributed by atoms with Crippen LogP contribution < -0.4 is 0 Å². The van der Waals surface area contributed by atoms with E-state index in [-0.39, 0.29) is 42.9 Å². The van der Waals surface area contributed by atoms with Crippen LogP contribution in [0.15, 0.2) is 0 Å². The fourth-order valence-electron chi connectivity index (χ4n) is 8.84. The summed E-state index contributed by atoms with van der Waals surface area (Å²) in [6.07, 6.45) is 41.7. The molecule has 0 atom stereocenters. The molecule has 0 aromatic carbocycles. The fourth-order valence-corrected chi connectivity index (χ4v) is 8.84. The van der Waals surface area contributed by atoms with Crippen LogP contribution in [0.1, 0.15) is 273 Å². The summed E-state index contributed by atoms with van der Waals surface area (Å²) in [7, 11) is 0. The molecule has 0 aliphatic carbocycles. The molecular weight excluding hydrogens is 757 g/mol. The van der Waals surface area contributed by atoms with E-state index in [0.29, 0.717) is 19.5 Å². The summed E-state index contributed by atoms with van der Waals surface area (Å²) in [5.74, 6) is -0.257. The van der Waals surface area contributed by atoms with Gasteiger partial charge in [-0.25, -0.2) is 0 Å². The van der Waals surface area contributed by atoms with E-state index in [4.69, 9.17) is 9.47 Å². The Kier molecular flexibility index (Phi) is 45.1. The van der Waals surface area contributed by atoms with Crippen LogP contribution in [0.2, 0.25) is 0 Å². The monoisotopic (exact) mass is 863 g/mol. The normalized spacial score (nSPS) is 11.6. The second-order valence-electron chi connectivity index (χ2n) is 18.7. The molecule has 0 aliphatic heterocycles. The van der Waals surface area contributed by atoms with Gasteiger partial charge in [0.1, 0.15) is 13.2 Å². The summed E-state index contributed by atoms with van der Waals surface area (Å²) in [6.45, 7) is 17.5. The Morgan fingerprint density at radius 3 is 0.934 bits per heavy atom. The van der Waals surface area contributed by atoms with Gasteiger partial charge >= 0.3 is 11.9 Å². The van der Waals surface area contributed by atoms with Gasteiger partial charge in [-0.3, -0.25) is 14.4 Å². The third-order valence-corrected chi connectivity index (χ3v) is 12.8. The second-order valence-corrected chi connectivity index (χ2v) is 18.7. The number of ether oxygens (including phenoxy) is 2. The van der Waals surface area contributed by atoms with E-state index in [0.717, 1.165) is 90.3 Å². The first kappa shape index (κ1) is 59.4. The minimum atomic E-state index is -0.0934. The number of esters is 2. The highest BCUT2D eigenvalue weighted by Gasteiger charge is 2.23. The van der Waals surface area contributed by atoms with Crippen molar-refractivity contribution in [1.82, 2.24) is 9.80 Å². The number of hydrogen-bond acceptors (Lipinski definition) is 6. The van der Waals surface area contributed by atoms with E-state index >= 15 is 0 Å². The topological polar surface area (TPSA) is 76.1 Å². The first-order valence-corrected chi connectivity index (χ1v) is 27.2. The number of unbranched alkanes of at least 4 members (excludes halogenated alkanes) is 24. The van der Waals surface area contributed by atoms with Crippen LogP contribution in [-0.4, -0.2) is 73.6 Å². The Morgan fingerprint density at radius 2 is 0.639 bits per heavy atom. The molecule has 0 unspecified atom stereocenters. The predicted octanol–water partition coefficient (Wildman–Crippen LogP) is 15.6. The van der Waals surface area contributed by atoms with Crippen molar-refractivity contribution in [2.24, 2.45) is 11.8 Å². The summed E-state index contributed by atoms with van der Waals surface area (Å²) in [5.41, 5.74) is 0. The molecule has 61 heavy (non-hydrogen) atoms. The average Bonchev–Trinajstić information content (AvgIpc) is 3.25. The van der Waals surface area contributed by atoms with Crippen molar-refractivity contribution < 1.29 is 23.9 Å². The van der Waals surface area contributed by atoms with Crippen LogP contribution in [0.3, 0.4) is 0 Å². The first-order chi connectivity index (χ1) is 29.9. The number of nitrogens with zero attached hydrogens (tertiary/aromatic N) is 2. The molecule has 0 fully saturated rings. The van der Waals surface area contributed by atoms with Gasteiger partial charge in [0, 0.05) is 6.42 Å². The quantitative estimate of drug-likeness (QED) is 0.0448. The van der Waals surface area contributed by atoms with E-state index in [2.05, 4.69) is 46.4 Å². The van der Waals surface area contributed by atoms with Crippen molar-refractivity contribution >= 4 is 17.8 Å². The molecule has 0 saturated carbocycles. The number of carbonyl (C=O) groups excluding carboxylic acids is 3. The Labute approximate surface area is 380 Å². The molecule has 0 aliphatic rings. The minimum Gasteiger partial charge on any atom is -0.464 e. The van der Waals surface area contributed by atoms with Gasteiger partial charge in [0.25, 0.3) is 0 Å². The third kappa shape index (κ3) is 37.5. The van der Waals surface area contributed by atoms with Crippen LogP contribution in [0.4, 0.5) is 0 Å². The summed E-state index contributed by atoms with van der Waals surface area (Å²) < 4.78 is 12.0. The largest absolute Gasteiger partial charge is 0.464 e. The second kappa shape index (κ2) is 46.4. The predicted molar refractivity (Wildman–Crippen MR) is 262 cm³/mol. The van der Waals surface area contributed by atoms with Gasteiger partial charge < -0.3 is 19.3 Å². The van der Waals surface area contributed by atoms with E-state index in [9.17, 15) is 14.4 Å². The maximum Gasteiger partial charge on any atom is 0.308 e. The first-order valence-electron chi connectivity index (χ1n) is 27.2. The van der Waals surface area contributed by atoms with E-state index in [1.165, 1.54) is 154 Å². The maximum atomic E-state index is 13.8. The highest BCUT2D eigenvalue weighted by Crippen LogP contribution is 2.23. The Balaban J connectivity index is 5.51. The standard InChI is InChI=1S/C54H106N2O5/c1-7-13-17-21-25-29-33-38-50(39-34-30-26-22-18-14-8-2)53(58)60-48-46-56(52(57)42-37-45-55(43-11-5)44-12-6)47-49-61-54(59)51(40-35-31-27-23-19-15-9-3)41-36-32-28-24-20-16-10-4/h50-51H,7-49H2,1-6H3. The lowest BCUT2D eigenvalue weighted by Gasteiger charge is -2.25. The van der Waals surface area contributed by atoms with Crippen molar-refractivity contribution in [2.45, 2.75) is 273 Å². The Morgan fingerprint density at radius 1 is 0.344 bits per heavy atom. The highest BCUT2D eigenvalue weighted by molar-refractivity contribution is 5.76. The Hall–Kier alpha value is -1.63. The molecule has 0 radical (unpaired) electrons. The zero-order valence-electron chi connectivity index (χ0n) is 42.0. The molecule has 0 spiro atoms. The Bertz CT molecular complexity index is 860. The van der Waals surface area contributed by atoms with Gasteiger partial charge in [-0.05, 0) is 64.6 Å². The third-order valence-electron chi connectivity index (χ3n) is 12.8. The lowest BCUT2D eigenvalue weighted by molar-refractivity contribution is -0.152. The molecule has 0 bridgehead atoms. The van der Waals surface area contributed by atoms with E-state index < -0.39 is 0 Å². The van der Waals surface area contributed by atoms with E-state index in [1.54, 1.807) is 4.90 Å². The summed E-state index contributed by atoms with van der Waals surface area (Å²) in [6, 6.07) is 0. The molecule has 0 rings (SSSR count). The zero-order chi connectivity index (χ0) is 44.9. The van der Waals surface area contributed by atoms with Gasteiger partial charge in [0.15, 0.2) is 0 Å². The smallest absolute Gasteiger partial charge is 0.308 e. The van der Waals surface area contributed by atoms with Crippen molar-refractivity contribution in [3.8, 4) is 0 Å². The highest BCUT2D eigenvalue weighted by atomic mass is 16.5. The average molecular weight is 863 g/mol. The zero-order valence-corrected chi connectivity index (χ0v) is 42.0. The summed E-state index contributed by atoms with van der Waals surface area (Å²) in [4.78, 5) is 45.2. The van der Waals surface area contributed by atoms with Gasteiger partial charge in [-0.2, -0.15) is 0 Å². The molecule has 7 heteroatoms. The van der Waals surface area contributed by atoms with Crippen molar-refractivity contribution in [3.63, 3.8) is 0 Å². The number of hydrogen-bond donors (Lipinski definition) is 0. The van der Waals surface area contributed by atoms with Gasteiger partial charge in [0.05, 0.1) is 24.9 Å². The number of rotatable bonds is 48. The molecule has 7 nitrogen and oxygen atoms in total. The van der Waals surface area contributed by atoms with Crippen LogP contribution in [0.25, 0.3) is 0 Å². The molecule has 0 saturated heterocycles. The molecule has 0 N–H and O–H groups in total. The van der Waals surface area contributed by atoms with Crippen LogP contribution in [0, 0.1) is 11.8 Å². The van der Waals surface area contributed by atoms with Crippen LogP contribution in [0.5, 0.6) is 0 Å². The summed E-state index contributed by atoms with van der Waals surface area (Å²) in [5, 5.41) is 0. The summed E-state index contributed by atoms with van der Waals surface area (Å²) >= 11 is 0.